The van der Waals surface area contributed by atoms with Crippen LogP contribution in [0.1, 0.15) is 57.3 Å². The van der Waals surface area contributed by atoms with E-state index in [-0.39, 0.29) is 22.7 Å². The SMILES string of the molecule is CC1(C)CCCC(C)(C)N1C(=[Se])C(=O)c1ccc(F)cc1. The van der Waals surface area contributed by atoms with Gasteiger partial charge in [0.05, 0.1) is 0 Å². The van der Waals surface area contributed by atoms with Crippen LogP contribution in [-0.2, 0) is 0 Å². The third-order valence-corrected chi connectivity index (χ3v) is 5.06. The Morgan fingerprint density at radius 3 is 2.05 bits per heavy atom. The maximum atomic E-state index is 13.0. The van der Waals surface area contributed by atoms with Gasteiger partial charge in [0.15, 0.2) is 0 Å². The average Bonchev–Trinajstić information content (AvgIpc) is 2.36. The fourth-order valence-electron chi connectivity index (χ4n) is 3.37. The summed E-state index contributed by atoms with van der Waals surface area (Å²) in [4.78, 5) is 14.9. The molecule has 1 fully saturated rings. The van der Waals surface area contributed by atoms with Crippen molar-refractivity contribution in [1.29, 1.82) is 0 Å². The van der Waals surface area contributed by atoms with Gasteiger partial charge in [0.2, 0.25) is 0 Å². The number of benzene rings is 1. The van der Waals surface area contributed by atoms with Crippen molar-refractivity contribution in [3.05, 3.63) is 35.6 Å². The topological polar surface area (TPSA) is 20.3 Å². The second-order valence-electron chi connectivity index (χ2n) is 6.96. The van der Waals surface area contributed by atoms with Crippen molar-refractivity contribution in [1.82, 2.24) is 4.90 Å². The van der Waals surface area contributed by atoms with Crippen molar-refractivity contribution in [2.45, 2.75) is 58.0 Å². The molecule has 4 heteroatoms. The molecular weight excluding hydrogens is 332 g/mol. The second kappa shape index (κ2) is 5.66. The Bertz CT molecular complexity index is 547. The molecule has 0 N–H and O–H groups in total. The van der Waals surface area contributed by atoms with Crippen LogP contribution < -0.4 is 0 Å². The van der Waals surface area contributed by atoms with Crippen LogP contribution in [0.15, 0.2) is 24.3 Å². The molecule has 2 nitrogen and oxygen atoms in total. The fraction of sp³-hybridized carbons (Fsp3) is 0.529. The zero-order valence-electron chi connectivity index (χ0n) is 13.1. The standard InChI is InChI=1S/C17H22FNOSe/c1-16(2)10-5-11-17(3,4)19(16)15(21)14(20)12-6-8-13(18)9-7-12/h6-9H,5,10-11H2,1-4H3. The van der Waals surface area contributed by atoms with E-state index < -0.39 is 0 Å². The van der Waals surface area contributed by atoms with Crippen LogP contribution in [0, 0.1) is 5.82 Å². The number of piperidine rings is 1. The van der Waals surface area contributed by atoms with Crippen molar-refractivity contribution in [3.8, 4) is 0 Å². The van der Waals surface area contributed by atoms with E-state index in [4.69, 9.17) is 0 Å². The van der Waals surface area contributed by atoms with E-state index >= 15 is 0 Å². The minimum absolute atomic E-state index is 0.0712. The van der Waals surface area contributed by atoms with Crippen LogP contribution >= 0.6 is 0 Å². The van der Waals surface area contributed by atoms with Gasteiger partial charge in [0.1, 0.15) is 0 Å². The van der Waals surface area contributed by atoms with E-state index in [9.17, 15) is 9.18 Å². The monoisotopic (exact) mass is 355 g/mol. The van der Waals surface area contributed by atoms with E-state index in [1.165, 1.54) is 12.1 Å². The third-order valence-electron chi connectivity index (χ3n) is 4.29. The van der Waals surface area contributed by atoms with E-state index in [0.29, 0.717) is 10.1 Å². The summed E-state index contributed by atoms with van der Waals surface area (Å²) in [5.41, 5.74) is 0.373. The number of hydrogen-bond acceptors (Lipinski definition) is 2. The van der Waals surface area contributed by atoms with Crippen LogP contribution in [0.3, 0.4) is 0 Å². The van der Waals surface area contributed by atoms with Crippen LogP contribution in [-0.4, -0.2) is 41.9 Å². The summed E-state index contributed by atoms with van der Waals surface area (Å²) in [6.07, 6.45) is 3.27. The number of carbonyl (C=O) groups excluding carboxylic acids is 1. The van der Waals surface area contributed by atoms with Gasteiger partial charge in [-0.1, -0.05) is 0 Å². The molecule has 1 heterocycles. The van der Waals surface area contributed by atoms with Gasteiger partial charge in [-0.2, -0.15) is 0 Å². The van der Waals surface area contributed by atoms with E-state index in [0.717, 1.165) is 19.3 Å². The first-order valence-electron chi connectivity index (χ1n) is 7.30. The molecule has 0 amide bonds. The summed E-state index contributed by atoms with van der Waals surface area (Å²) >= 11 is 2.97. The summed E-state index contributed by atoms with van der Waals surface area (Å²) < 4.78 is 13.6. The molecule has 0 atom stereocenters. The van der Waals surface area contributed by atoms with Crippen LogP contribution in [0.4, 0.5) is 4.39 Å². The molecule has 0 bridgehead atoms. The van der Waals surface area contributed by atoms with E-state index in [2.05, 4.69) is 48.2 Å². The minimum atomic E-state index is -0.327. The first-order chi connectivity index (χ1) is 9.65. The molecular formula is C17H22FNOSe. The zero-order valence-corrected chi connectivity index (χ0v) is 14.8. The normalized spacial score (nSPS) is 20.1. The number of halogens is 1. The molecule has 1 aromatic rings. The number of hydrogen-bond donors (Lipinski definition) is 0. The van der Waals surface area contributed by atoms with Crippen molar-refractivity contribution in [2.75, 3.05) is 0 Å². The molecule has 114 valence electrons. The third kappa shape index (κ3) is 3.27. The molecule has 1 saturated heterocycles. The molecule has 0 aliphatic carbocycles. The zero-order chi connectivity index (χ0) is 15.8. The fourth-order valence-corrected chi connectivity index (χ4v) is 4.66. The summed E-state index contributed by atoms with van der Waals surface area (Å²) in [7, 11) is 0. The van der Waals surface area contributed by atoms with Crippen molar-refractivity contribution in [3.63, 3.8) is 0 Å². The Morgan fingerprint density at radius 2 is 1.57 bits per heavy atom. The first kappa shape index (κ1) is 16.4. The van der Waals surface area contributed by atoms with E-state index in [1.54, 1.807) is 12.1 Å². The number of carbonyl (C=O) groups is 1. The van der Waals surface area contributed by atoms with Gasteiger partial charge in [-0.15, -0.1) is 0 Å². The van der Waals surface area contributed by atoms with Crippen LogP contribution in [0.25, 0.3) is 0 Å². The molecule has 0 spiro atoms. The molecule has 21 heavy (non-hydrogen) atoms. The van der Waals surface area contributed by atoms with Gasteiger partial charge >= 0.3 is 134 Å². The maximum absolute atomic E-state index is 13.0. The van der Waals surface area contributed by atoms with E-state index in [1.807, 2.05) is 0 Å². The van der Waals surface area contributed by atoms with Gasteiger partial charge in [0, 0.05) is 0 Å². The molecule has 1 aromatic carbocycles. The molecule has 2 rings (SSSR count). The van der Waals surface area contributed by atoms with Crippen molar-refractivity contribution in [2.24, 2.45) is 0 Å². The number of ketones is 1. The Morgan fingerprint density at radius 1 is 1.10 bits per heavy atom. The van der Waals surface area contributed by atoms with Gasteiger partial charge < -0.3 is 0 Å². The summed E-state index contributed by atoms with van der Waals surface area (Å²) in [5.74, 6) is -0.398. The number of Topliss-reactive ketones (excluding diaryl/α,β-unsaturated/α-hetero) is 1. The second-order valence-corrected chi connectivity index (χ2v) is 7.77. The van der Waals surface area contributed by atoms with Gasteiger partial charge in [-0.05, 0) is 0 Å². The number of rotatable bonds is 3. The number of nitrogens with zero attached hydrogens (tertiary/aromatic N) is 1. The first-order valence-corrected chi connectivity index (χ1v) is 8.15. The molecule has 1 aliphatic heterocycles. The predicted octanol–water partition coefficient (Wildman–Crippen LogP) is 3.35. The quantitative estimate of drug-likeness (QED) is 0.613. The molecule has 0 unspecified atom stereocenters. The van der Waals surface area contributed by atoms with Crippen molar-refractivity contribution < 1.29 is 9.18 Å². The Balaban J connectivity index is 2.32. The Labute approximate surface area is 134 Å². The van der Waals surface area contributed by atoms with Gasteiger partial charge in [-0.25, -0.2) is 0 Å². The summed E-state index contributed by atoms with van der Waals surface area (Å²) in [6, 6.07) is 5.73. The Hall–Kier alpha value is -0.991. The summed E-state index contributed by atoms with van der Waals surface area (Å²) in [6.45, 7) is 8.68. The molecule has 0 saturated carbocycles. The van der Waals surface area contributed by atoms with Crippen LogP contribution in [0.5, 0.6) is 0 Å². The molecule has 0 aromatic heterocycles. The molecule has 1 aliphatic rings. The Kier molecular flexibility index (Phi) is 4.41. The molecule has 0 radical (unpaired) electrons. The summed E-state index contributed by atoms with van der Waals surface area (Å²) in [5, 5.41) is 0. The average molecular weight is 354 g/mol. The van der Waals surface area contributed by atoms with Gasteiger partial charge in [-0.3, -0.25) is 0 Å². The van der Waals surface area contributed by atoms with Gasteiger partial charge in [0.25, 0.3) is 0 Å². The van der Waals surface area contributed by atoms with Crippen molar-refractivity contribution >= 4 is 25.9 Å². The van der Waals surface area contributed by atoms with Crippen LogP contribution in [0.2, 0.25) is 0 Å². The predicted molar refractivity (Wildman–Crippen MR) is 85.3 cm³/mol. The number of likely N-dealkylation sites (tertiary alicyclic amines) is 1.